The molecule has 0 saturated heterocycles. The van der Waals surface area contributed by atoms with Gasteiger partial charge in [0.15, 0.2) is 0 Å². The van der Waals surface area contributed by atoms with E-state index in [0.29, 0.717) is 30.3 Å². The van der Waals surface area contributed by atoms with Crippen LogP contribution in [0.3, 0.4) is 0 Å². The molecule has 0 N–H and O–H groups in total. The summed E-state index contributed by atoms with van der Waals surface area (Å²) < 4.78 is 11.4. The smallest absolute Gasteiger partial charge is 0.150 e. The van der Waals surface area contributed by atoms with Crippen molar-refractivity contribution in [2.24, 2.45) is 0 Å². The minimum atomic E-state index is 0.535. The quantitative estimate of drug-likeness (QED) is 0.745. The van der Waals surface area contributed by atoms with Crippen molar-refractivity contribution in [1.29, 1.82) is 0 Å². The maximum absolute atomic E-state index is 11.1. The van der Waals surface area contributed by atoms with E-state index in [1.807, 2.05) is 44.2 Å². The van der Waals surface area contributed by atoms with Crippen molar-refractivity contribution in [3.63, 3.8) is 0 Å². The van der Waals surface area contributed by atoms with Gasteiger partial charge in [-0.25, -0.2) is 0 Å². The summed E-state index contributed by atoms with van der Waals surface area (Å²) in [6, 6.07) is 13.4. The zero-order valence-corrected chi connectivity index (χ0v) is 11.8. The summed E-state index contributed by atoms with van der Waals surface area (Å²) in [4.78, 5) is 11.1. The van der Waals surface area contributed by atoms with E-state index in [4.69, 9.17) is 9.47 Å². The molecule has 0 saturated carbocycles. The van der Waals surface area contributed by atoms with E-state index < -0.39 is 0 Å². The largest absolute Gasteiger partial charge is 0.493 e. The molecule has 0 heterocycles. The number of carbonyl (C=O) groups is 1. The Labute approximate surface area is 119 Å². The fourth-order valence-electron chi connectivity index (χ4n) is 2.11. The van der Waals surface area contributed by atoms with Crippen molar-refractivity contribution >= 4 is 6.29 Å². The molecular formula is C17H18O3. The summed E-state index contributed by atoms with van der Waals surface area (Å²) >= 11 is 0. The van der Waals surface area contributed by atoms with Crippen LogP contribution in [0.15, 0.2) is 42.5 Å². The maximum Gasteiger partial charge on any atom is 0.150 e. The number of ether oxygens (including phenoxy) is 2. The van der Waals surface area contributed by atoms with Crippen molar-refractivity contribution in [2.75, 3.05) is 13.2 Å². The van der Waals surface area contributed by atoms with Crippen molar-refractivity contribution in [3.05, 3.63) is 48.0 Å². The molecule has 0 atom stereocenters. The van der Waals surface area contributed by atoms with E-state index in [1.54, 1.807) is 12.1 Å². The number of hydrogen-bond donors (Lipinski definition) is 0. The molecule has 0 aliphatic carbocycles. The Kier molecular flexibility index (Phi) is 4.77. The predicted molar refractivity (Wildman–Crippen MR) is 79.6 cm³/mol. The average molecular weight is 270 g/mol. The van der Waals surface area contributed by atoms with Crippen molar-refractivity contribution < 1.29 is 14.3 Å². The molecule has 0 spiro atoms. The van der Waals surface area contributed by atoms with Gasteiger partial charge in [0.05, 0.1) is 18.8 Å². The van der Waals surface area contributed by atoms with Gasteiger partial charge in [-0.3, -0.25) is 4.79 Å². The highest BCUT2D eigenvalue weighted by Gasteiger charge is 2.15. The van der Waals surface area contributed by atoms with Gasteiger partial charge in [-0.1, -0.05) is 30.3 Å². The topological polar surface area (TPSA) is 35.5 Å². The second kappa shape index (κ2) is 6.75. The summed E-state index contributed by atoms with van der Waals surface area (Å²) in [6.45, 7) is 4.91. The van der Waals surface area contributed by atoms with E-state index in [2.05, 4.69) is 0 Å². The van der Waals surface area contributed by atoms with Crippen LogP contribution in [0.4, 0.5) is 0 Å². The van der Waals surface area contributed by atoms with Gasteiger partial charge in [0.2, 0.25) is 0 Å². The lowest BCUT2D eigenvalue weighted by Crippen LogP contribution is -2.00. The van der Waals surface area contributed by atoms with E-state index in [-0.39, 0.29) is 0 Å². The fourth-order valence-corrected chi connectivity index (χ4v) is 2.11. The average Bonchev–Trinajstić information content (AvgIpc) is 2.48. The van der Waals surface area contributed by atoms with Gasteiger partial charge < -0.3 is 9.47 Å². The standard InChI is InChI=1S/C17H18O3/c1-3-19-15-10-13(12-18)11-16(20-4-2)17(15)14-8-6-5-7-9-14/h5-12H,3-4H2,1-2H3. The molecule has 3 heteroatoms. The third kappa shape index (κ3) is 2.99. The highest BCUT2D eigenvalue weighted by atomic mass is 16.5. The molecule has 2 aromatic carbocycles. The molecule has 3 nitrogen and oxygen atoms in total. The number of benzene rings is 2. The number of rotatable bonds is 6. The van der Waals surface area contributed by atoms with Gasteiger partial charge >= 0.3 is 0 Å². The van der Waals surface area contributed by atoms with Crippen LogP contribution in [0.25, 0.3) is 11.1 Å². The summed E-state index contributed by atoms with van der Waals surface area (Å²) in [5.74, 6) is 1.35. The van der Waals surface area contributed by atoms with Gasteiger partial charge in [-0.2, -0.15) is 0 Å². The Hall–Kier alpha value is -2.29. The molecule has 0 aliphatic rings. The highest BCUT2D eigenvalue weighted by Crippen LogP contribution is 2.39. The molecule has 0 unspecified atom stereocenters. The number of hydrogen-bond acceptors (Lipinski definition) is 3. The maximum atomic E-state index is 11.1. The van der Waals surface area contributed by atoms with Gasteiger partial charge in [0.25, 0.3) is 0 Å². The zero-order chi connectivity index (χ0) is 14.4. The van der Waals surface area contributed by atoms with Crippen LogP contribution >= 0.6 is 0 Å². The lowest BCUT2D eigenvalue weighted by molar-refractivity contribution is 0.112. The first-order chi connectivity index (χ1) is 9.80. The van der Waals surface area contributed by atoms with Crippen LogP contribution in [0.1, 0.15) is 24.2 Å². The number of aldehydes is 1. The van der Waals surface area contributed by atoms with Gasteiger partial charge in [-0.05, 0) is 31.5 Å². The summed E-state index contributed by atoms with van der Waals surface area (Å²) in [6.07, 6.45) is 0.805. The normalized spacial score (nSPS) is 10.1. The molecule has 2 rings (SSSR count). The molecule has 0 amide bonds. The second-order valence-electron chi connectivity index (χ2n) is 4.24. The Morgan fingerprint density at radius 2 is 1.50 bits per heavy atom. The Balaban J connectivity index is 2.64. The molecule has 0 radical (unpaired) electrons. The second-order valence-corrected chi connectivity index (χ2v) is 4.24. The molecule has 0 bridgehead atoms. The third-order valence-electron chi connectivity index (χ3n) is 2.89. The molecule has 0 fully saturated rings. The van der Waals surface area contributed by atoms with Crippen LogP contribution in [-0.2, 0) is 0 Å². The first-order valence-corrected chi connectivity index (χ1v) is 6.74. The third-order valence-corrected chi connectivity index (χ3v) is 2.89. The van der Waals surface area contributed by atoms with E-state index in [9.17, 15) is 4.79 Å². The lowest BCUT2D eigenvalue weighted by atomic mass is 10.0. The predicted octanol–water partition coefficient (Wildman–Crippen LogP) is 3.96. The molecule has 0 aliphatic heterocycles. The monoisotopic (exact) mass is 270 g/mol. The number of carbonyl (C=O) groups excluding carboxylic acids is 1. The molecule has 104 valence electrons. The minimum Gasteiger partial charge on any atom is -0.493 e. The summed E-state index contributed by atoms with van der Waals surface area (Å²) in [5.41, 5.74) is 2.45. The van der Waals surface area contributed by atoms with E-state index >= 15 is 0 Å². The summed E-state index contributed by atoms with van der Waals surface area (Å²) in [7, 11) is 0. The molecule has 20 heavy (non-hydrogen) atoms. The lowest BCUT2D eigenvalue weighted by Gasteiger charge is -2.16. The van der Waals surface area contributed by atoms with Crippen LogP contribution in [-0.4, -0.2) is 19.5 Å². The van der Waals surface area contributed by atoms with Crippen LogP contribution in [0.2, 0.25) is 0 Å². The van der Waals surface area contributed by atoms with Crippen molar-refractivity contribution in [1.82, 2.24) is 0 Å². The van der Waals surface area contributed by atoms with Gasteiger partial charge in [-0.15, -0.1) is 0 Å². The van der Waals surface area contributed by atoms with E-state index in [0.717, 1.165) is 17.4 Å². The Bertz CT molecular complexity index is 549. The first-order valence-electron chi connectivity index (χ1n) is 6.74. The van der Waals surface area contributed by atoms with Crippen LogP contribution in [0, 0.1) is 0 Å². The highest BCUT2D eigenvalue weighted by molar-refractivity contribution is 5.84. The van der Waals surface area contributed by atoms with Gasteiger partial charge in [0.1, 0.15) is 17.8 Å². The summed E-state index contributed by atoms with van der Waals surface area (Å²) in [5, 5.41) is 0. The van der Waals surface area contributed by atoms with Crippen LogP contribution < -0.4 is 9.47 Å². The Morgan fingerprint density at radius 1 is 0.950 bits per heavy atom. The van der Waals surface area contributed by atoms with Crippen LogP contribution in [0.5, 0.6) is 11.5 Å². The molecular weight excluding hydrogens is 252 g/mol. The van der Waals surface area contributed by atoms with Crippen molar-refractivity contribution in [2.45, 2.75) is 13.8 Å². The zero-order valence-electron chi connectivity index (χ0n) is 11.8. The fraction of sp³-hybridized carbons (Fsp3) is 0.235. The SMILES string of the molecule is CCOc1cc(C=O)cc(OCC)c1-c1ccccc1. The van der Waals surface area contributed by atoms with Gasteiger partial charge in [0, 0.05) is 5.56 Å². The Morgan fingerprint density at radius 3 is 1.95 bits per heavy atom. The molecule has 2 aromatic rings. The molecule has 0 aromatic heterocycles. The minimum absolute atomic E-state index is 0.535. The van der Waals surface area contributed by atoms with E-state index in [1.165, 1.54) is 0 Å². The first kappa shape index (κ1) is 14.1. The van der Waals surface area contributed by atoms with Crippen molar-refractivity contribution in [3.8, 4) is 22.6 Å².